The Morgan fingerprint density at radius 3 is 2.59 bits per heavy atom. The largest absolute Gasteiger partial charge is 0.325 e. The van der Waals surface area contributed by atoms with Gasteiger partial charge in [-0.3, -0.25) is 9.69 Å². The maximum absolute atomic E-state index is 12.4. The Labute approximate surface area is 171 Å². The highest BCUT2D eigenvalue weighted by Crippen LogP contribution is 2.23. The molecule has 29 heavy (non-hydrogen) atoms. The Balaban J connectivity index is 1.32. The van der Waals surface area contributed by atoms with Crippen LogP contribution in [0.3, 0.4) is 0 Å². The van der Waals surface area contributed by atoms with Gasteiger partial charge in [-0.25, -0.2) is 4.68 Å². The molecule has 0 radical (unpaired) electrons. The topological polar surface area (TPSA) is 50.2 Å². The lowest BCUT2D eigenvalue weighted by Crippen LogP contribution is -2.36. The second-order valence-corrected chi connectivity index (χ2v) is 7.32. The highest BCUT2D eigenvalue weighted by molar-refractivity contribution is 5.92. The molecule has 1 N–H and O–H groups in total. The summed E-state index contributed by atoms with van der Waals surface area (Å²) in [6.07, 6.45) is 8.11. The van der Waals surface area contributed by atoms with E-state index in [0.29, 0.717) is 6.54 Å². The molecule has 0 aliphatic carbocycles. The molecule has 0 spiro atoms. The molecule has 4 rings (SSSR count). The number of nitrogens with zero attached hydrogens (tertiary/aromatic N) is 3. The van der Waals surface area contributed by atoms with Gasteiger partial charge in [0.05, 0.1) is 18.4 Å². The minimum Gasteiger partial charge on any atom is -0.325 e. The first-order chi connectivity index (χ1) is 14.2. The fourth-order valence-electron chi connectivity index (χ4n) is 3.55. The van der Waals surface area contributed by atoms with Gasteiger partial charge in [0.1, 0.15) is 0 Å². The fourth-order valence-corrected chi connectivity index (χ4v) is 3.55. The summed E-state index contributed by atoms with van der Waals surface area (Å²) in [6.45, 7) is 4.17. The van der Waals surface area contributed by atoms with E-state index in [1.807, 2.05) is 53.3 Å². The molecular formula is C24H26N4O. The first-order valence-electron chi connectivity index (χ1n) is 10.1. The molecule has 5 nitrogen and oxygen atoms in total. The van der Waals surface area contributed by atoms with Gasteiger partial charge < -0.3 is 5.32 Å². The zero-order valence-corrected chi connectivity index (χ0v) is 16.7. The Morgan fingerprint density at radius 2 is 1.90 bits per heavy atom. The monoisotopic (exact) mass is 386 g/mol. The van der Waals surface area contributed by atoms with Crippen LogP contribution in [0.15, 0.2) is 73.1 Å². The van der Waals surface area contributed by atoms with Gasteiger partial charge in [-0.1, -0.05) is 43.3 Å². The molecule has 3 aromatic rings. The van der Waals surface area contributed by atoms with Gasteiger partial charge in [0.2, 0.25) is 5.91 Å². The number of hydrogen-bond donors (Lipinski definition) is 1. The molecule has 1 aromatic heterocycles. The minimum absolute atomic E-state index is 0.0306. The highest BCUT2D eigenvalue weighted by Gasteiger charge is 2.17. The first kappa shape index (κ1) is 19.2. The number of aromatic nitrogens is 2. The van der Waals surface area contributed by atoms with Crippen LogP contribution in [0.1, 0.15) is 24.5 Å². The molecule has 0 unspecified atom stereocenters. The van der Waals surface area contributed by atoms with Crippen molar-refractivity contribution in [2.75, 3.05) is 25.0 Å². The predicted molar refractivity (Wildman–Crippen MR) is 117 cm³/mol. The molecule has 1 aliphatic heterocycles. The standard InChI is InChI=1S/C24H26N4O/c1-2-19-8-10-22(11-9-19)26-24(29)18-27-14-12-20(13-15-27)21-16-25-28(17-21)23-6-4-3-5-7-23/h3-12,16-17H,2,13-15,18H2,1H3,(H,26,29). The molecule has 2 aromatic carbocycles. The fraction of sp³-hybridized carbons (Fsp3) is 0.250. The second-order valence-electron chi connectivity index (χ2n) is 7.32. The zero-order chi connectivity index (χ0) is 20.1. The molecule has 148 valence electrons. The number of anilines is 1. The molecule has 2 heterocycles. The van der Waals surface area contributed by atoms with Crippen molar-refractivity contribution in [3.8, 4) is 5.69 Å². The van der Waals surface area contributed by atoms with Crippen LogP contribution < -0.4 is 5.32 Å². The van der Waals surface area contributed by atoms with E-state index in [-0.39, 0.29) is 5.91 Å². The SMILES string of the molecule is CCc1ccc(NC(=O)CN2CC=C(c3cnn(-c4ccccc4)c3)CC2)cc1. The van der Waals surface area contributed by atoms with Gasteiger partial charge in [0.25, 0.3) is 0 Å². The summed E-state index contributed by atoms with van der Waals surface area (Å²) in [5.74, 6) is 0.0306. The van der Waals surface area contributed by atoms with Crippen LogP contribution in [0, 0.1) is 0 Å². The van der Waals surface area contributed by atoms with Crippen molar-refractivity contribution in [2.45, 2.75) is 19.8 Å². The molecule has 0 fully saturated rings. The molecule has 5 heteroatoms. The van der Waals surface area contributed by atoms with E-state index in [1.54, 1.807) is 0 Å². The van der Waals surface area contributed by atoms with Crippen molar-refractivity contribution in [3.05, 3.63) is 84.2 Å². The van der Waals surface area contributed by atoms with Gasteiger partial charge in [0, 0.05) is 30.5 Å². The third kappa shape index (κ3) is 4.81. The molecule has 0 saturated carbocycles. The quantitative estimate of drug-likeness (QED) is 0.692. The molecule has 1 aliphatic rings. The summed E-state index contributed by atoms with van der Waals surface area (Å²) in [6, 6.07) is 18.2. The average Bonchev–Trinajstić information content (AvgIpc) is 3.26. The summed E-state index contributed by atoms with van der Waals surface area (Å²) in [5, 5.41) is 7.48. The number of benzene rings is 2. The number of hydrogen-bond acceptors (Lipinski definition) is 3. The van der Waals surface area contributed by atoms with Gasteiger partial charge >= 0.3 is 0 Å². The Hall–Kier alpha value is -3.18. The number of para-hydroxylation sites is 1. The third-order valence-electron chi connectivity index (χ3n) is 5.28. The van der Waals surface area contributed by atoms with Crippen LogP contribution in [0.2, 0.25) is 0 Å². The van der Waals surface area contributed by atoms with E-state index < -0.39 is 0 Å². The first-order valence-corrected chi connectivity index (χ1v) is 10.1. The summed E-state index contributed by atoms with van der Waals surface area (Å²) in [5.41, 5.74) is 5.62. The lowest BCUT2D eigenvalue weighted by atomic mass is 10.0. The summed E-state index contributed by atoms with van der Waals surface area (Å²) >= 11 is 0. The Kier molecular flexibility index (Phi) is 5.86. The van der Waals surface area contributed by atoms with Crippen LogP contribution in [0.5, 0.6) is 0 Å². The van der Waals surface area contributed by atoms with Crippen molar-refractivity contribution in [2.24, 2.45) is 0 Å². The van der Waals surface area contributed by atoms with Gasteiger partial charge in [-0.2, -0.15) is 5.10 Å². The molecule has 0 bridgehead atoms. The number of rotatable bonds is 6. The van der Waals surface area contributed by atoms with Gasteiger partial charge in [-0.15, -0.1) is 0 Å². The smallest absolute Gasteiger partial charge is 0.238 e. The van der Waals surface area contributed by atoms with Crippen molar-refractivity contribution >= 4 is 17.2 Å². The Morgan fingerprint density at radius 1 is 1.10 bits per heavy atom. The van der Waals surface area contributed by atoms with Crippen molar-refractivity contribution in [1.29, 1.82) is 0 Å². The number of carbonyl (C=O) groups is 1. The van der Waals surface area contributed by atoms with Crippen LogP contribution >= 0.6 is 0 Å². The maximum Gasteiger partial charge on any atom is 0.238 e. The lowest BCUT2D eigenvalue weighted by Gasteiger charge is -2.25. The second kappa shape index (κ2) is 8.88. The average molecular weight is 386 g/mol. The lowest BCUT2D eigenvalue weighted by molar-refractivity contribution is -0.117. The molecular weight excluding hydrogens is 360 g/mol. The number of nitrogens with one attached hydrogen (secondary N) is 1. The van der Waals surface area contributed by atoms with E-state index in [2.05, 4.69) is 46.6 Å². The number of aryl methyl sites for hydroxylation is 1. The van der Waals surface area contributed by atoms with Crippen LogP contribution in [-0.4, -0.2) is 40.2 Å². The van der Waals surface area contributed by atoms with E-state index in [9.17, 15) is 4.79 Å². The molecule has 1 amide bonds. The number of carbonyl (C=O) groups excluding carboxylic acids is 1. The van der Waals surface area contributed by atoms with Gasteiger partial charge in [0.15, 0.2) is 0 Å². The van der Waals surface area contributed by atoms with Crippen molar-refractivity contribution in [3.63, 3.8) is 0 Å². The zero-order valence-electron chi connectivity index (χ0n) is 16.7. The highest BCUT2D eigenvalue weighted by atomic mass is 16.2. The van der Waals surface area contributed by atoms with Gasteiger partial charge in [-0.05, 0) is 48.2 Å². The summed E-state index contributed by atoms with van der Waals surface area (Å²) < 4.78 is 1.90. The normalized spacial score (nSPS) is 14.4. The molecule has 0 atom stereocenters. The minimum atomic E-state index is 0.0306. The summed E-state index contributed by atoms with van der Waals surface area (Å²) in [4.78, 5) is 14.5. The van der Waals surface area contributed by atoms with Crippen molar-refractivity contribution < 1.29 is 4.79 Å². The van der Waals surface area contributed by atoms with E-state index in [0.717, 1.165) is 42.9 Å². The third-order valence-corrected chi connectivity index (χ3v) is 5.28. The molecule has 0 saturated heterocycles. The van der Waals surface area contributed by atoms with Crippen LogP contribution in [0.4, 0.5) is 5.69 Å². The number of amides is 1. The van der Waals surface area contributed by atoms with E-state index >= 15 is 0 Å². The van der Waals surface area contributed by atoms with Crippen molar-refractivity contribution in [1.82, 2.24) is 14.7 Å². The van der Waals surface area contributed by atoms with Crippen LogP contribution in [0.25, 0.3) is 11.3 Å². The maximum atomic E-state index is 12.4. The van der Waals surface area contributed by atoms with E-state index in [4.69, 9.17) is 0 Å². The Bertz CT molecular complexity index is 989. The van der Waals surface area contributed by atoms with Crippen LogP contribution in [-0.2, 0) is 11.2 Å². The summed E-state index contributed by atoms with van der Waals surface area (Å²) in [7, 11) is 0. The van der Waals surface area contributed by atoms with E-state index in [1.165, 1.54) is 11.1 Å². The predicted octanol–water partition coefficient (Wildman–Crippen LogP) is 4.16.